The van der Waals surface area contributed by atoms with Gasteiger partial charge in [0.1, 0.15) is 11.9 Å². The Hall–Kier alpha value is -1.79. The third-order valence-electron chi connectivity index (χ3n) is 5.07. The number of carboxylic acids is 1. The number of nitrogens with zero attached hydrogens (tertiary/aromatic N) is 1. The van der Waals surface area contributed by atoms with Crippen molar-refractivity contribution in [3.05, 3.63) is 28.8 Å². The molecule has 3 rings (SSSR count). The Morgan fingerprint density at radius 2 is 1.88 bits per heavy atom. The highest BCUT2D eigenvalue weighted by Crippen LogP contribution is 2.29. The van der Waals surface area contributed by atoms with Gasteiger partial charge in [0.2, 0.25) is 0 Å². The molecule has 1 amide bonds. The molecule has 2 N–H and O–H groups in total. The number of hydrogen-bond donors (Lipinski definition) is 2. The molecule has 2 fully saturated rings. The summed E-state index contributed by atoms with van der Waals surface area (Å²) < 4.78 is 5.97. The van der Waals surface area contributed by atoms with Crippen molar-refractivity contribution in [2.75, 3.05) is 19.6 Å². The molecule has 0 spiro atoms. The number of likely N-dealkylation sites (tertiary alicyclic amines) is 1. The standard InChI is InChI=1S/C19H25ClN2O4/c20-16-11-13(19(25)21-14-3-1-2-4-14)5-6-17(16)26-15-7-9-22(10-8-15)12-18(23)24/h5-6,11,14-15H,1-4,7-10,12H2,(H,21,25)(H,23,24). The molecule has 1 heterocycles. The van der Waals surface area contributed by atoms with Crippen molar-refractivity contribution in [1.82, 2.24) is 10.2 Å². The van der Waals surface area contributed by atoms with Crippen LogP contribution in [0.4, 0.5) is 0 Å². The van der Waals surface area contributed by atoms with Gasteiger partial charge in [0.15, 0.2) is 0 Å². The molecule has 1 aliphatic carbocycles. The highest BCUT2D eigenvalue weighted by atomic mass is 35.5. The molecular weight excluding hydrogens is 356 g/mol. The van der Waals surface area contributed by atoms with Crippen LogP contribution in [0, 0.1) is 0 Å². The fourth-order valence-corrected chi connectivity index (χ4v) is 3.86. The number of nitrogens with one attached hydrogen (secondary N) is 1. The lowest BCUT2D eigenvalue weighted by molar-refractivity contribution is -0.138. The molecule has 142 valence electrons. The Balaban J connectivity index is 1.53. The first-order chi connectivity index (χ1) is 12.5. The van der Waals surface area contributed by atoms with Crippen LogP contribution in [0.25, 0.3) is 0 Å². The Labute approximate surface area is 158 Å². The van der Waals surface area contributed by atoms with Gasteiger partial charge < -0.3 is 15.2 Å². The van der Waals surface area contributed by atoms with Gasteiger partial charge in [-0.2, -0.15) is 0 Å². The van der Waals surface area contributed by atoms with Crippen molar-refractivity contribution in [3.8, 4) is 5.75 Å². The van der Waals surface area contributed by atoms with E-state index in [0.717, 1.165) is 25.7 Å². The van der Waals surface area contributed by atoms with E-state index in [9.17, 15) is 9.59 Å². The second-order valence-electron chi connectivity index (χ2n) is 7.09. The lowest BCUT2D eigenvalue weighted by Gasteiger charge is -2.31. The molecule has 7 heteroatoms. The van der Waals surface area contributed by atoms with Gasteiger partial charge in [0, 0.05) is 24.7 Å². The first-order valence-electron chi connectivity index (χ1n) is 9.22. The molecule has 1 aromatic carbocycles. The maximum absolute atomic E-state index is 12.3. The van der Waals surface area contributed by atoms with Crippen LogP contribution in [-0.4, -0.2) is 53.7 Å². The smallest absolute Gasteiger partial charge is 0.317 e. The van der Waals surface area contributed by atoms with Crippen molar-refractivity contribution in [2.45, 2.75) is 50.7 Å². The van der Waals surface area contributed by atoms with Crippen LogP contribution in [0.3, 0.4) is 0 Å². The molecule has 0 radical (unpaired) electrons. The third-order valence-corrected chi connectivity index (χ3v) is 5.37. The van der Waals surface area contributed by atoms with E-state index in [1.54, 1.807) is 18.2 Å². The Kier molecular flexibility index (Phi) is 6.38. The lowest BCUT2D eigenvalue weighted by Crippen LogP contribution is -2.40. The van der Waals surface area contributed by atoms with E-state index in [0.29, 0.717) is 29.4 Å². The maximum atomic E-state index is 12.3. The summed E-state index contributed by atoms with van der Waals surface area (Å²) in [4.78, 5) is 25.0. The average molecular weight is 381 g/mol. The first-order valence-corrected chi connectivity index (χ1v) is 9.60. The van der Waals surface area contributed by atoms with E-state index in [-0.39, 0.29) is 24.6 Å². The summed E-state index contributed by atoms with van der Waals surface area (Å²) in [7, 11) is 0. The third kappa shape index (κ3) is 5.11. The van der Waals surface area contributed by atoms with Crippen LogP contribution in [0.1, 0.15) is 48.9 Å². The number of hydrogen-bond acceptors (Lipinski definition) is 4. The zero-order valence-electron chi connectivity index (χ0n) is 14.7. The summed E-state index contributed by atoms with van der Waals surface area (Å²) in [5, 5.41) is 12.3. The number of ether oxygens (including phenoxy) is 1. The largest absolute Gasteiger partial charge is 0.489 e. The second kappa shape index (κ2) is 8.73. The van der Waals surface area contributed by atoms with E-state index in [4.69, 9.17) is 21.4 Å². The van der Waals surface area contributed by atoms with Crippen LogP contribution in [-0.2, 0) is 4.79 Å². The summed E-state index contributed by atoms with van der Waals surface area (Å²) in [6.45, 7) is 1.45. The van der Waals surface area contributed by atoms with E-state index in [2.05, 4.69) is 5.32 Å². The fraction of sp³-hybridized carbons (Fsp3) is 0.579. The molecule has 26 heavy (non-hydrogen) atoms. The predicted octanol–water partition coefficient (Wildman–Crippen LogP) is 2.94. The molecule has 1 saturated carbocycles. The first kappa shape index (κ1) is 19.0. The molecular formula is C19H25ClN2O4. The van der Waals surface area contributed by atoms with Gasteiger partial charge >= 0.3 is 5.97 Å². The topological polar surface area (TPSA) is 78.9 Å². The van der Waals surface area contributed by atoms with Gasteiger partial charge in [-0.05, 0) is 43.9 Å². The van der Waals surface area contributed by atoms with Crippen LogP contribution >= 0.6 is 11.6 Å². The number of carbonyl (C=O) groups is 2. The molecule has 0 unspecified atom stereocenters. The number of halogens is 1. The summed E-state index contributed by atoms with van der Waals surface area (Å²) >= 11 is 6.31. The van der Waals surface area contributed by atoms with Gasteiger partial charge in [-0.15, -0.1) is 0 Å². The SMILES string of the molecule is O=C(O)CN1CCC(Oc2ccc(C(=O)NC3CCCC3)cc2Cl)CC1. The fourth-order valence-electron chi connectivity index (χ4n) is 3.63. The van der Waals surface area contributed by atoms with Crippen LogP contribution in [0.2, 0.25) is 5.02 Å². The summed E-state index contributed by atoms with van der Waals surface area (Å²) in [5.41, 5.74) is 0.547. The van der Waals surface area contributed by atoms with Crippen molar-refractivity contribution in [3.63, 3.8) is 0 Å². The number of carbonyl (C=O) groups excluding carboxylic acids is 1. The van der Waals surface area contributed by atoms with Gasteiger partial charge in [0.25, 0.3) is 5.91 Å². The van der Waals surface area contributed by atoms with E-state index in [1.807, 2.05) is 4.90 Å². The summed E-state index contributed by atoms with van der Waals surface area (Å²) in [6, 6.07) is 5.41. The summed E-state index contributed by atoms with van der Waals surface area (Å²) in [6.07, 6.45) is 5.95. The van der Waals surface area contributed by atoms with Gasteiger partial charge in [0.05, 0.1) is 11.6 Å². The van der Waals surface area contributed by atoms with E-state index >= 15 is 0 Å². The van der Waals surface area contributed by atoms with Gasteiger partial charge in [-0.25, -0.2) is 0 Å². The monoisotopic (exact) mass is 380 g/mol. The number of piperidine rings is 1. The number of amides is 1. The predicted molar refractivity (Wildman–Crippen MR) is 98.9 cm³/mol. The lowest BCUT2D eigenvalue weighted by atomic mass is 10.1. The molecule has 0 bridgehead atoms. The van der Waals surface area contributed by atoms with Crippen molar-refractivity contribution >= 4 is 23.5 Å². The zero-order valence-corrected chi connectivity index (χ0v) is 15.5. The minimum absolute atomic E-state index is 0.00992. The molecule has 2 aliphatic rings. The molecule has 1 aliphatic heterocycles. The highest BCUT2D eigenvalue weighted by Gasteiger charge is 2.23. The number of benzene rings is 1. The normalized spacial score (nSPS) is 19.4. The van der Waals surface area contributed by atoms with E-state index < -0.39 is 5.97 Å². The van der Waals surface area contributed by atoms with Crippen molar-refractivity contribution in [2.24, 2.45) is 0 Å². The Morgan fingerprint density at radius 3 is 2.50 bits per heavy atom. The zero-order chi connectivity index (χ0) is 18.5. The van der Waals surface area contributed by atoms with Crippen LogP contribution in [0.5, 0.6) is 5.75 Å². The molecule has 1 saturated heterocycles. The van der Waals surface area contributed by atoms with Crippen LogP contribution in [0.15, 0.2) is 18.2 Å². The number of carboxylic acid groups (broad SMARTS) is 1. The number of rotatable bonds is 6. The summed E-state index contributed by atoms with van der Waals surface area (Å²) in [5.74, 6) is -0.327. The van der Waals surface area contributed by atoms with Crippen molar-refractivity contribution in [1.29, 1.82) is 0 Å². The maximum Gasteiger partial charge on any atom is 0.317 e. The minimum atomic E-state index is -0.807. The molecule has 6 nitrogen and oxygen atoms in total. The second-order valence-corrected chi connectivity index (χ2v) is 7.49. The van der Waals surface area contributed by atoms with Crippen molar-refractivity contribution < 1.29 is 19.4 Å². The molecule has 0 aromatic heterocycles. The number of aliphatic carboxylic acids is 1. The average Bonchev–Trinajstić information content (AvgIpc) is 3.11. The van der Waals surface area contributed by atoms with E-state index in [1.165, 1.54) is 12.8 Å². The molecule has 1 aromatic rings. The Morgan fingerprint density at radius 1 is 1.19 bits per heavy atom. The quantitative estimate of drug-likeness (QED) is 0.793. The van der Waals surface area contributed by atoms with Crippen LogP contribution < -0.4 is 10.1 Å². The van der Waals surface area contributed by atoms with Gasteiger partial charge in [-0.1, -0.05) is 24.4 Å². The van der Waals surface area contributed by atoms with Gasteiger partial charge in [-0.3, -0.25) is 14.5 Å². The highest BCUT2D eigenvalue weighted by molar-refractivity contribution is 6.32. The molecule has 0 atom stereocenters. The Bertz CT molecular complexity index is 653. The minimum Gasteiger partial charge on any atom is -0.489 e.